The molecule has 0 aromatic heterocycles. The minimum absolute atomic E-state index is 0.890. The maximum atomic E-state index is 8.73. The molecule has 10 heavy (non-hydrogen) atoms. The van der Waals surface area contributed by atoms with Crippen LogP contribution in [0.3, 0.4) is 0 Å². The van der Waals surface area contributed by atoms with Gasteiger partial charge in [-0.3, -0.25) is 0 Å². The highest BCUT2D eigenvalue weighted by Gasteiger charge is 1.91. The van der Waals surface area contributed by atoms with Crippen LogP contribution in [-0.2, 0) is 0 Å². The molecule has 0 saturated carbocycles. The maximum absolute atomic E-state index is 8.73. The molecule has 1 nitrogen and oxygen atoms in total. The normalized spacial score (nSPS) is 11.0. The second-order valence-electron chi connectivity index (χ2n) is 2.72. The van der Waals surface area contributed by atoms with Gasteiger partial charge in [-0.15, -0.1) is 6.58 Å². The lowest BCUT2D eigenvalue weighted by Gasteiger charge is -1.99. The predicted octanol–water partition coefficient (Wildman–Crippen LogP) is 1.55. The second kappa shape index (κ2) is 7.03. The Hall–Kier alpha value is -0.0831. The zero-order valence-corrected chi connectivity index (χ0v) is 8.31. The fourth-order valence-corrected chi connectivity index (χ4v) is 1.29. The van der Waals surface area contributed by atoms with Crippen molar-refractivity contribution in [1.29, 1.82) is 0 Å². The van der Waals surface area contributed by atoms with Crippen LogP contribution in [0.5, 0.6) is 0 Å². The molecule has 0 unspecified atom stereocenters. The smallest absolute Gasteiger partial charge is 0.183 e. The van der Waals surface area contributed by atoms with Crippen molar-refractivity contribution in [3.8, 4) is 0 Å². The summed E-state index contributed by atoms with van der Waals surface area (Å²) in [6, 6.07) is 0. The average Bonchev–Trinajstić information content (AvgIpc) is 1.98. The fourth-order valence-electron chi connectivity index (χ4n) is 0.881. The molecule has 0 radical (unpaired) electrons. The zero-order chi connectivity index (χ0) is 7.82. The molecule has 0 spiro atoms. The third-order valence-corrected chi connectivity index (χ3v) is 2.41. The van der Waals surface area contributed by atoms with Crippen molar-refractivity contribution in [3.63, 3.8) is 0 Å². The summed E-state index contributed by atoms with van der Waals surface area (Å²) in [5.74, 6) is 0. The van der Waals surface area contributed by atoms with Gasteiger partial charge in [-0.1, -0.05) is 31.4 Å². The van der Waals surface area contributed by atoms with E-state index < -0.39 is 9.76 Å². The van der Waals surface area contributed by atoms with E-state index in [9.17, 15) is 0 Å². The maximum Gasteiger partial charge on any atom is 0.183 e. The van der Waals surface area contributed by atoms with E-state index in [0.717, 1.165) is 11.6 Å². The molecular formula is C8H18OSi. The van der Waals surface area contributed by atoms with E-state index in [4.69, 9.17) is 4.80 Å². The highest BCUT2D eigenvalue weighted by Crippen LogP contribution is 2.06. The van der Waals surface area contributed by atoms with Gasteiger partial charge in [0.1, 0.15) is 0 Å². The van der Waals surface area contributed by atoms with Crippen LogP contribution in [0.2, 0.25) is 0 Å². The van der Waals surface area contributed by atoms with Crippen LogP contribution in [0.15, 0.2) is 11.8 Å². The number of unbranched alkanes of at least 4 members (excludes halogenated alkanes) is 3. The molecule has 0 aromatic rings. The van der Waals surface area contributed by atoms with Crippen molar-refractivity contribution >= 4 is 9.76 Å². The molecule has 0 amide bonds. The molecular weight excluding hydrogens is 140 g/mol. The molecule has 1 N–H and O–H groups in total. The lowest BCUT2D eigenvalue weighted by atomic mass is 10.1. The van der Waals surface area contributed by atoms with Gasteiger partial charge in [0, 0.05) is 0 Å². The van der Waals surface area contributed by atoms with Crippen LogP contribution in [-0.4, -0.2) is 14.6 Å². The standard InChI is InChI=1S/C8H18OSi/c1-3-4-5-6-7-8(2)10-9/h9H,2-7,10H2,1H3. The van der Waals surface area contributed by atoms with Gasteiger partial charge in [0.05, 0.1) is 0 Å². The molecule has 60 valence electrons. The molecule has 0 heterocycles. The van der Waals surface area contributed by atoms with Crippen molar-refractivity contribution in [3.05, 3.63) is 11.8 Å². The van der Waals surface area contributed by atoms with Crippen LogP contribution in [0.4, 0.5) is 0 Å². The summed E-state index contributed by atoms with van der Waals surface area (Å²) in [7, 11) is -0.890. The molecule has 2 heteroatoms. The Labute approximate surface area is 66.1 Å². The van der Waals surface area contributed by atoms with E-state index >= 15 is 0 Å². The minimum atomic E-state index is -0.890. The number of hydrogen-bond donors (Lipinski definition) is 1. The summed E-state index contributed by atoms with van der Waals surface area (Å²) in [5, 5.41) is 1.11. The summed E-state index contributed by atoms with van der Waals surface area (Å²) in [5.41, 5.74) is 0. The van der Waals surface area contributed by atoms with Gasteiger partial charge in [0.15, 0.2) is 9.76 Å². The van der Waals surface area contributed by atoms with Crippen LogP contribution in [0.1, 0.15) is 39.0 Å². The third kappa shape index (κ3) is 6.04. The van der Waals surface area contributed by atoms with Crippen LogP contribution in [0, 0.1) is 0 Å². The lowest BCUT2D eigenvalue weighted by Crippen LogP contribution is -1.92. The second-order valence-corrected chi connectivity index (χ2v) is 4.04. The average molecular weight is 158 g/mol. The predicted molar refractivity (Wildman–Crippen MR) is 48.7 cm³/mol. The first-order valence-corrected chi connectivity index (χ1v) is 5.42. The molecule has 0 bridgehead atoms. The summed E-state index contributed by atoms with van der Waals surface area (Å²) >= 11 is 0. The Morgan fingerprint density at radius 1 is 1.40 bits per heavy atom. The van der Waals surface area contributed by atoms with Crippen LogP contribution >= 0.6 is 0 Å². The Morgan fingerprint density at radius 2 is 2.10 bits per heavy atom. The first kappa shape index (κ1) is 9.92. The first-order valence-electron chi connectivity index (χ1n) is 4.08. The largest absolute Gasteiger partial charge is 0.434 e. The SMILES string of the molecule is C=C(CCCCCC)[SiH2]O. The van der Waals surface area contributed by atoms with Crippen LogP contribution in [0.25, 0.3) is 0 Å². The van der Waals surface area contributed by atoms with Gasteiger partial charge in [-0.25, -0.2) is 0 Å². The first-order chi connectivity index (χ1) is 4.81. The highest BCUT2D eigenvalue weighted by molar-refractivity contribution is 6.35. The summed E-state index contributed by atoms with van der Waals surface area (Å²) in [6.07, 6.45) is 6.18. The summed E-state index contributed by atoms with van der Waals surface area (Å²) in [4.78, 5) is 8.73. The van der Waals surface area contributed by atoms with Crippen LogP contribution < -0.4 is 0 Å². The molecule has 0 aliphatic carbocycles. The fraction of sp³-hybridized carbons (Fsp3) is 0.750. The minimum Gasteiger partial charge on any atom is -0.434 e. The van der Waals surface area contributed by atoms with E-state index in [1.54, 1.807) is 0 Å². The number of allylic oxidation sites excluding steroid dienone is 1. The van der Waals surface area contributed by atoms with Crippen molar-refractivity contribution in [2.45, 2.75) is 39.0 Å². The molecule has 0 saturated heterocycles. The molecule has 0 rings (SSSR count). The van der Waals surface area contributed by atoms with E-state index in [-0.39, 0.29) is 0 Å². The molecule has 0 atom stereocenters. The Morgan fingerprint density at radius 3 is 2.60 bits per heavy atom. The van der Waals surface area contributed by atoms with E-state index in [1.165, 1.54) is 25.7 Å². The van der Waals surface area contributed by atoms with Gasteiger partial charge in [-0.05, 0) is 12.8 Å². The van der Waals surface area contributed by atoms with Gasteiger partial charge in [-0.2, -0.15) is 0 Å². The lowest BCUT2D eigenvalue weighted by molar-refractivity contribution is 0.602. The van der Waals surface area contributed by atoms with E-state index in [2.05, 4.69) is 13.5 Å². The zero-order valence-electron chi connectivity index (χ0n) is 6.90. The van der Waals surface area contributed by atoms with Gasteiger partial charge >= 0.3 is 0 Å². The Kier molecular flexibility index (Phi) is 6.97. The van der Waals surface area contributed by atoms with Crippen molar-refractivity contribution in [1.82, 2.24) is 0 Å². The monoisotopic (exact) mass is 158 g/mol. The number of rotatable bonds is 6. The Balaban J connectivity index is 2.96. The summed E-state index contributed by atoms with van der Waals surface area (Å²) < 4.78 is 0. The third-order valence-electron chi connectivity index (χ3n) is 1.61. The van der Waals surface area contributed by atoms with E-state index in [0.29, 0.717) is 0 Å². The highest BCUT2D eigenvalue weighted by atomic mass is 28.2. The Bertz CT molecular complexity index is 91.3. The summed E-state index contributed by atoms with van der Waals surface area (Å²) in [6.45, 7) is 5.99. The van der Waals surface area contributed by atoms with Crippen molar-refractivity contribution < 1.29 is 4.80 Å². The molecule has 0 fully saturated rings. The van der Waals surface area contributed by atoms with Crippen molar-refractivity contribution in [2.75, 3.05) is 0 Å². The molecule has 0 aliphatic rings. The van der Waals surface area contributed by atoms with Gasteiger partial charge in [0.25, 0.3) is 0 Å². The van der Waals surface area contributed by atoms with Gasteiger partial charge < -0.3 is 4.80 Å². The molecule has 0 aromatic carbocycles. The van der Waals surface area contributed by atoms with E-state index in [1.807, 2.05) is 0 Å². The molecule has 0 aliphatic heterocycles. The quantitative estimate of drug-likeness (QED) is 0.459. The number of hydrogen-bond acceptors (Lipinski definition) is 1. The van der Waals surface area contributed by atoms with Crippen molar-refractivity contribution in [2.24, 2.45) is 0 Å². The topological polar surface area (TPSA) is 20.2 Å². The van der Waals surface area contributed by atoms with Gasteiger partial charge in [0.2, 0.25) is 0 Å².